The molecule has 7 nitrogen and oxygen atoms in total. The zero-order valence-electron chi connectivity index (χ0n) is 12.5. The molecule has 0 aromatic heterocycles. The molecule has 0 saturated heterocycles. The summed E-state index contributed by atoms with van der Waals surface area (Å²) >= 11 is 0. The summed E-state index contributed by atoms with van der Waals surface area (Å²) < 4.78 is 46.0. The average Bonchev–Trinajstić information content (AvgIpc) is 2.85. The number of rotatable bonds is 5. The highest BCUT2D eigenvalue weighted by Gasteiger charge is 2.53. The number of halogens is 3. The lowest BCUT2D eigenvalue weighted by atomic mass is 9.79. The number of alkyl halides is 3. The number of esters is 2. The normalized spacial score (nSPS) is 22.4. The first-order valence-electron chi connectivity index (χ1n) is 6.65. The van der Waals surface area contributed by atoms with Crippen molar-refractivity contribution in [3.8, 4) is 0 Å². The van der Waals surface area contributed by atoms with Gasteiger partial charge in [-0.15, -0.1) is 0 Å². The van der Waals surface area contributed by atoms with E-state index < -0.39 is 47.7 Å². The molecule has 0 aliphatic heterocycles. The molecule has 0 aromatic carbocycles. The molecular formula is C13H16F3NO6. The zero-order valence-corrected chi connectivity index (χ0v) is 12.5. The number of ether oxygens (including phenoxy) is 2. The fourth-order valence-electron chi connectivity index (χ4n) is 2.56. The Balaban J connectivity index is 3.08. The second-order valence-electron chi connectivity index (χ2n) is 5.10. The molecule has 2 atom stereocenters. The molecule has 1 aliphatic carbocycles. The van der Waals surface area contributed by atoms with Gasteiger partial charge in [0.15, 0.2) is 0 Å². The van der Waals surface area contributed by atoms with Gasteiger partial charge in [-0.3, -0.25) is 14.4 Å². The molecule has 0 heterocycles. The molecule has 0 aromatic rings. The number of nitrogens with one attached hydrogen (secondary N) is 1. The van der Waals surface area contributed by atoms with Gasteiger partial charge in [-0.1, -0.05) is 0 Å². The molecule has 1 unspecified atom stereocenters. The molecule has 10 heteroatoms. The Morgan fingerprint density at radius 3 is 2.26 bits per heavy atom. The van der Waals surface area contributed by atoms with Crippen molar-refractivity contribution in [2.45, 2.75) is 37.9 Å². The molecule has 1 saturated carbocycles. The second-order valence-corrected chi connectivity index (χ2v) is 5.10. The van der Waals surface area contributed by atoms with Gasteiger partial charge in [0.05, 0.1) is 14.2 Å². The molecule has 1 aliphatic rings. The van der Waals surface area contributed by atoms with Gasteiger partial charge < -0.3 is 14.8 Å². The Morgan fingerprint density at radius 2 is 1.87 bits per heavy atom. The molecule has 23 heavy (non-hydrogen) atoms. The molecule has 1 amide bonds. The SMILES string of the molecule is COC(=O)C(C[C@@]1(C(=O)OC)CCCC1=O)NC(=O)C(F)(F)F. The van der Waals surface area contributed by atoms with Gasteiger partial charge in [-0.2, -0.15) is 13.2 Å². The van der Waals surface area contributed by atoms with E-state index in [1.165, 1.54) is 5.32 Å². The van der Waals surface area contributed by atoms with Crippen molar-refractivity contribution in [1.82, 2.24) is 5.32 Å². The van der Waals surface area contributed by atoms with Crippen LogP contribution in [0.3, 0.4) is 0 Å². The highest BCUT2D eigenvalue weighted by atomic mass is 19.4. The number of methoxy groups -OCH3 is 2. The van der Waals surface area contributed by atoms with Crippen molar-refractivity contribution in [2.75, 3.05) is 14.2 Å². The van der Waals surface area contributed by atoms with Crippen LogP contribution in [0.1, 0.15) is 25.7 Å². The van der Waals surface area contributed by atoms with Crippen molar-refractivity contribution in [3.63, 3.8) is 0 Å². The number of hydrogen-bond acceptors (Lipinski definition) is 6. The monoisotopic (exact) mass is 339 g/mol. The number of amides is 1. The van der Waals surface area contributed by atoms with Gasteiger partial charge >= 0.3 is 24.0 Å². The summed E-state index contributed by atoms with van der Waals surface area (Å²) in [6.07, 6.45) is -5.48. The first-order valence-corrected chi connectivity index (χ1v) is 6.65. The number of carbonyl (C=O) groups is 4. The molecule has 130 valence electrons. The summed E-state index contributed by atoms with van der Waals surface area (Å²) in [5.41, 5.74) is -1.76. The van der Waals surface area contributed by atoms with Crippen LogP contribution in [0, 0.1) is 5.41 Å². The van der Waals surface area contributed by atoms with Gasteiger partial charge in [-0.25, -0.2) is 4.79 Å². The van der Waals surface area contributed by atoms with Crippen molar-refractivity contribution in [3.05, 3.63) is 0 Å². The molecule has 1 fully saturated rings. The topological polar surface area (TPSA) is 98.8 Å². The summed E-state index contributed by atoms with van der Waals surface area (Å²) in [7, 11) is 1.94. The molecule has 1 rings (SSSR count). The predicted octanol–water partition coefficient (Wildman–Crippen LogP) is 0.509. The third-order valence-electron chi connectivity index (χ3n) is 3.72. The smallest absolute Gasteiger partial charge is 0.468 e. The van der Waals surface area contributed by atoms with Gasteiger partial charge in [0.25, 0.3) is 0 Å². The van der Waals surface area contributed by atoms with Crippen LogP contribution in [0.5, 0.6) is 0 Å². The Kier molecular flexibility index (Phi) is 5.73. The predicted molar refractivity (Wildman–Crippen MR) is 67.9 cm³/mol. The molecule has 0 radical (unpaired) electrons. The van der Waals surface area contributed by atoms with E-state index >= 15 is 0 Å². The lowest BCUT2D eigenvalue weighted by Crippen LogP contribution is -2.51. The summed E-state index contributed by atoms with van der Waals surface area (Å²) in [5.74, 6) is -5.04. The van der Waals surface area contributed by atoms with Crippen LogP contribution in [0.2, 0.25) is 0 Å². The standard InChI is InChI=1S/C13H16F3NO6/c1-22-9(19)7(17-10(20)13(14,15)16)6-12(11(21)23-2)5-3-4-8(12)18/h7H,3-6H2,1-2H3,(H,17,20)/t7?,12-/m0/s1. The van der Waals surface area contributed by atoms with Gasteiger partial charge in [0, 0.05) is 12.8 Å². The number of Topliss-reactive ketones (excluding diaryl/α,β-unsaturated/α-hetero) is 1. The third kappa shape index (κ3) is 3.99. The molecule has 0 spiro atoms. The van der Waals surface area contributed by atoms with Crippen LogP contribution in [0.4, 0.5) is 13.2 Å². The van der Waals surface area contributed by atoms with Crippen molar-refractivity contribution < 1.29 is 41.8 Å². The highest BCUT2D eigenvalue weighted by Crippen LogP contribution is 2.40. The van der Waals surface area contributed by atoms with Gasteiger partial charge in [0.1, 0.15) is 17.2 Å². The Labute approximate surface area is 129 Å². The summed E-state index contributed by atoms with van der Waals surface area (Å²) in [6, 6.07) is -1.80. The largest absolute Gasteiger partial charge is 0.471 e. The number of ketones is 1. The fourth-order valence-corrected chi connectivity index (χ4v) is 2.56. The van der Waals surface area contributed by atoms with Crippen LogP contribution < -0.4 is 5.32 Å². The van der Waals surface area contributed by atoms with Crippen LogP contribution in [-0.2, 0) is 28.7 Å². The minimum atomic E-state index is -5.22. The molecular weight excluding hydrogens is 323 g/mol. The van der Waals surface area contributed by atoms with E-state index in [2.05, 4.69) is 9.47 Å². The number of hydrogen-bond donors (Lipinski definition) is 1. The minimum Gasteiger partial charge on any atom is -0.468 e. The van der Waals surface area contributed by atoms with E-state index in [4.69, 9.17) is 0 Å². The van der Waals surface area contributed by atoms with Crippen LogP contribution in [0.25, 0.3) is 0 Å². The second kappa shape index (κ2) is 6.97. The zero-order chi connectivity index (χ0) is 17.8. The average molecular weight is 339 g/mol. The maximum absolute atomic E-state index is 12.4. The van der Waals surface area contributed by atoms with E-state index in [-0.39, 0.29) is 12.8 Å². The fraction of sp³-hybridized carbons (Fsp3) is 0.692. The lowest BCUT2D eigenvalue weighted by molar-refractivity contribution is -0.176. The number of carbonyl (C=O) groups excluding carboxylic acids is 4. The van der Waals surface area contributed by atoms with Crippen molar-refractivity contribution >= 4 is 23.6 Å². The summed E-state index contributed by atoms with van der Waals surface area (Å²) in [6.45, 7) is 0. The van der Waals surface area contributed by atoms with E-state index in [0.29, 0.717) is 6.42 Å². The maximum atomic E-state index is 12.4. The summed E-state index contributed by atoms with van der Waals surface area (Å²) in [5, 5.41) is 1.46. The molecule has 1 N–H and O–H groups in total. The first kappa shape index (κ1) is 18.9. The third-order valence-corrected chi connectivity index (χ3v) is 3.72. The Hall–Kier alpha value is -2.13. The van der Waals surface area contributed by atoms with E-state index in [9.17, 15) is 32.3 Å². The highest BCUT2D eigenvalue weighted by molar-refractivity contribution is 6.05. The van der Waals surface area contributed by atoms with Crippen LogP contribution in [-0.4, -0.2) is 50.1 Å². The quantitative estimate of drug-likeness (QED) is 0.579. The lowest BCUT2D eigenvalue weighted by Gasteiger charge is -2.28. The Bertz CT molecular complexity index is 518. The minimum absolute atomic E-state index is 0.0217. The van der Waals surface area contributed by atoms with Crippen molar-refractivity contribution in [2.24, 2.45) is 5.41 Å². The van der Waals surface area contributed by atoms with Gasteiger partial charge in [-0.05, 0) is 12.8 Å². The van der Waals surface area contributed by atoms with E-state index in [1.54, 1.807) is 0 Å². The van der Waals surface area contributed by atoms with E-state index in [1.807, 2.05) is 0 Å². The van der Waals surface area contributed by atoms with Gasteiger partial charge in [0.2, 0.25) is 0 Å². The first-order chi connectivity index (χ1) is 10.6. The van der Waals surface area contributed by atoms with Crippen LogP contribution >= 0.6 is 0 Å². The van der Waals surface area contributed by atoms with Crippen molar-refractivity contribution in [1.29, 1.82) is 0 Å². The van der Waals surface area contributed by atoms with Crippen LogP contribution in [0.15, 0.2) is 0 Å². The maximum Gasteiger partial charge on any atom is 0.471 e. The Morgan fingerprint density at radius 1 is 1.26 bits per heavy atom. The molecule has 0 bridgehead atoms. The summed E-state index contributed by atoms with van der Waals surface area (Å²) in [4.78, 5) is 46.7. The van der Waals surface area contributed by atoms with E-state index in [0.717, 1.165) is 14.2 Å².